The summed E-state index contributed by atoms with van der Waals surface area (Å²) >= 11 is 0. The topological polar surface area (TPSA) is 36.9 Å². The lowest BCUT2D eigenvalue weighted by Gasteiger charge is -2.31. The van der Waals surface area contributed by atoms with Gasteiger partial charge in [-0.2, -0.15) is 0 Å². The van der Waals surface area contributed by atoms with Crippen LogP contribution in [0.2, 0.25) is 0 Å². The molecular weight excluding hydrogens is 316 g/mol. The highest BCUT2D eigenvalue weighted by molar-refractivity contribution is 5.15. The van der Waals surface area contributed by atoms with E-state index < -0.39 is 6.16 Å². The maximum absolute atomic E-state index is 5.89. The van der Waals surface area contributed by atoms with E-state index in [1.807, 2.05) is 50.2 Å². The highest BCUT2D eigenvalue weighted by Gasteiger charge is 2.34. The molecule has 0 aromatic heterocycles. The van der Waals surface area contributed by atoms with Crippen LogP contribution in [0.4, 0.5) is 0 Å². The Balaban J connectivity index is 1.89. The SMILES string of the molecule is CCOC(OCC)(OCCc1ccccc1)OCCc1ccccc1. The summed E-state index contributed by atoms with van der Waals surface area (Å²) in [6.07, 6.45) is 0.0998. The molecule has 0 atom stereocenters. The summed E-state index contributed by atoms with van der Waals surface area (Å²) in [4.78, 5) is 0. The Labute approximate surface area is 150 Å². The van der Waals surface area contributed by atoms with Crippen molar-refractivity contribution in [3.63, 3.8) is 0 Å². The van der Waals surface area contributed by atoms with Gasteiger partial charge in [0, 0.05) is 0 Å². The molecule has 0 fully saturated rings. The van der Waals surface area contributed by atoms with Crippen molar-refractivity contribution in [2.45, 2.75) is 32.8 Å². The molecule has 4 heteroatoms. The van der Waals surface area contributed by atoms with Gasteiger partial charge in [0.25, 0.3) is 0 Å². The van der Waals surface area contributed by atoms with Crippen LogP contribution in [0, 0.1) is 0 Å². The van der Waals surface area contributed by atoms with E-state index in [0.717, 1.165) is 12.8 Å². The van der Waals surface area contributed by atoms with Crippen molar-refractivity contribution in [3.8, 4) is 0 Å². The van der Waals surface area contributed by atoms with E-state index in [1.165, 1.54) is 11.1 Å². The lowest BCUT2D eigenvalue weighted by molar-refractivity contribution is -0.497. The van der Waals surface area contributed by atoms with E-state index in [2.05, 4.69) is 24.3 Å². The second kappa shape index (κ2) is 11.0. The number of hydrogen-bond donors (Lipinski definition) is 0. The van der Waals surface area contributed by atoms with Gasteiger partial charge >= 0.3 is 6.16 Å². The van der Waals surface area contributed by atoms with Gasteiger partial charge in [-0.15, -0.1) is 0 Å². The van der Waals surface area contributed by atoms with Crippen molar-refractivity contribution >= 4 is 0 Å². The Morgan fingerprint density at radius 3 is 1.36 bits per heavy atom. The van der Waals surface area contributed by atoms with Crippen LogP contribution < -0.4 is 0 Å². The molecule has 25 heavy (non-hydrogen) atoms. The molecular formula is C21H28O4. The van der Waals surface area contributed by atoms with Gasteiger partial charge in [-0.3, -0.25) is 0 Å². The van der Waals surface area contributed by atoms with E-state index in [-0.39, 0.29) is 0 Å². The molecule has 0 amide bonds. The first kappa shape index (κ1) is 19.6. The molecule has 0 aliphatic heterocycles. The Morgan fingerprint density at radius 1 is 0.600 bits per heavy atom. The second-order valence-electron chi connectivity index (χ2n) is 5.53. The van der Waals surface area contributed by atoms with E-state index >= 15 is 0 Å². The third-order valence-corrected chi connectivity index (χ3v) is 3.67. The molecule has 4 nitrogen and oxygen atoms in total. The second-order valence-corrected chi connectivity index (χ2v) is 5.53. The molecule has 0 saturated carbocycles. The summed E-state index contributed by atoms with van der Waals surface area (Å²) in [7, 11) is 0. The molecule has 2 aromatic carbocycles. The molecule has 0 N–H and O–H groups in total. The van der Waals surface area contributed by atoms with Crippen LogP contribution in [0.1, 0.15) is 25.0 Å². The van der Waals surface area contributed by atoms with Crippen LogP contribution in [0.15, 0.2) is 60.7 Å². The summed E-state index contributed by atoms with van der Waals surface area (Å²) in [5.41, 5.74) is 2.40. The highest BCUT2D eigenvalue weighted by atomic mass is 17.0. The molecule has 0 aliphatic rings. The number of ether oxygens (including phenoxy) is 4. The van der Waals surface area contributed by atoms with Crippen molar-refractivity contribution in [1.29, 1.82) is 0 Å². The largest absolute Gasteiger partial charge is 0.412 e. The van der Waals surface area contributed by atoms with Gasteiger partial charge in [0.1, 0.15) is 0 Å². The molecule has 0 aliphatic carbocycles. The maximum Gasteiger partial charge on any atom is 0.412 e. The maximum atomic E-state index is 5.89. The summed E-state index contributed by atoms with van der Waals surface area (Å²) in [5.74, 6) is 0. The highest BCUT2D eigenvalue weighted by Crippen LogP contribution is 2.19. The van der Waals surface area contributed by atoms with Gasteiger partial charge in [0.05, 0.1) is 26.4 Å². The van der Waals surface area contributed by atoms with Gasteiger partial charge in [0.2, 0.25) is 0 Å². The first-order chi connectivity index (χ1) is 12.3. The zero-order valence-electron chi connectivity index (χ0n) is 15.1. The Hall–Kier alpha value is -1.72. The quantitative estimate of drug-likeness (QED) is 0.541. The molecule has 0 unspecified atom stereocenters. The Kier molecular flexibility index (Phi) is 8.63. The van der Waals surface area contributed by atoms with E-state index in [9.17, 15) is 0 Å². The average Bonchev–Trinajstić information content (AvgIpc) is 2.64. The molecule has 136 valence electrons. The predicted octanol–water partition coefficient (Wildman–Crippen LogP) is 4.19. The van der Waals surface area contributed by atoms with Crippen LogP contribution >= 0.6 is 0 Å². The number of benzene rings is 2. The number of hydrogen-bond acceptors (Lipinski definition) is 4. The predicted molar refractivity (Wildman–Crippen MR) is 98.2 cm³/mol. The van der Waals surface area contributed by atoms with Crippen LogP contribution in [-0.2, 0) is 31.8 Å². The molecule has 0 radical (unpaired) electrons. The lowest BCUT2D eigenvalue weighted by Crippen LogP contribution is -2.43. The minimum absolute atomic E-state index is 0.441. The molecule has 0 saturated heterocycles. The van der Waals surface area contributed by atoms with Crippen LogP contribution in [0.25, 0.3) is 0 Å². The third kappa shape index (κ3) is 6.96. The molecule has 0 heterocycles. The van der Waals surface area contributed by atoms with Gasteiger partial charge in [-0.05, 0) is 37.8 Å². The average molecular weight is 344 g/mol. The molecule has 0 spiro atoms. The molecule has 2 rings (SSSR count). The monoisotopic (exact) mass is 344 g/mol. The summed E-state index contributed by atoms with van der Waals surface area (Å²) in [5, 5.41) is 0. The zero-order chi connectivity index (χ0) is 17.8. The van der Waals surface area contributed by atoms with Crippen LogP contribution in [-0.4, -0.2) is 32.6 Å². The Bertz CT molecular complexity index is 517. The van der Waals surface area contributed by atoms with Gasteiger partial charge in [-0.1, -0.05) is 60.7 Å². The smallest absolute Gasteiger partial charge is 0.304 e. The van der Waals surface area contributed by atoms with Crippen molar-refractivity contribution < 1.29 is 18.9 Å². The van der Waals surface area contributed by atoms with Gasteiger partial charge in [0.15, 0.2) is 0 Å². The van der Waals surface area contributed by atoms with E-state index in [4.69, 9.17) is 18.9 Å². The number of rotatable bonds is 12. The summed E-state index contributed by atoms with van der Waals surface area (Å²) in [6, 6.07) is 20.4. The fourth-order valence-electron chi connectivity index (χ4n) is 2.48. The van der Waals surface area contributed by atoms with E-state index in [0.29, 0.717) is 26.4 Å². The normalized spacial score (nSPS) is 11.6. The van der Waals surface area contributed by atoms with Gasteiger partial charge < -0.3 is 18.9 Å². The van der Waals surface area contributed by atoms with Crippen molar-refractivity contribution in [3.05, 3.63) is 71.8 Å². The fraction of sp³-hybridized carbons (Fsp3) is 0.429. The molecule has 2 aromatic rings. The van der Waals surface area contributed by atoms with Crippen molar-refractivity contribution in [1.82, 2.24) is 0 Å². The first-order valence-corrected chi connectivity index (χ1v) is 8.91. The van der Waals surface area contributed by atoms with Crippen LogP contribution in [0.3, 0.4) is 0 Å². The fourth-order valence-corrected chi connectivity index (χ4v) is 2.48. The summed E-state index contributed by atoms with van der Waals surface area (Å²) < 4.78 is 23.1. The van der Waals surface area contributed by atoms with Crippen LogP contribution in [0.5, 0.6) is 0 Å². The zero-order valence-corrected chi connectivity index (χ0v) is 15.1. The standard InChI is InChI=1S/C21H28O4/c1-3-22-21(23-4-2,24-17-15-19-11-7-5-8-12-19)25-18-16-20-13-9-6-10-14-20/h5-14H,3-4,15-18H2,1-2H3. The minimum atomic E-state index is -1.44. The molecule has 0 bridgehead atoms. The van der Waals surface area contributed by atoms with E-state index in [1.54, 1.807) is 0 Å². The lowest BCUT2D eigenvalue weighted by atomic mass is 10.2. The minimum Gasteiger partial charge on any atom is -0.304 e. The Morgan fingerprint density at radius 2 is 1.00 bits per heavy atom. The van der Waals surface area contributed by atoms with Crippen molar-refractivity contribution in [2.24, 2.45) is 0 Å². The van der Waals surface area contributed by atoms with Gasteiger partial charge in [-0.25, -0.2) is 0 Å². The first-order valence-electron chi connectivity index (χ1n) is 8.91. The third-order valence-electron chi connectivity index (χ3n) is 3.67. The van der Waals surface area contributed by atoms with Crippen molar-refractivity contribution in [2.75, 3.05) is 26.4 Å². The summed E-state index contributed by atoms with van der Waals surface area (Å²) in [6.45, 7) is 5.59.